The maximum Gasteiger partial charge on any atom is 0.304 e. The van der Waals surface area contributed by atoms with Crippen molar-refractivity contribution in [2.75, 3.05) is 0 Å². The molecule has 3 unspecified atom stereocenters. The molecule has 1 fully saturated rings. The summed E-state index contributed by atoms with van der Waals surface area (Å²) in [6.45, 7) is 5.14. The quantitative estimate of drug-likeness (QED) is 0.627. The second kappa shape index (κ2) is 8.50. The van der Waals surface area contributed by atoms with E-state index in [1.54, 1.807) is 18.2 Å². The smallest absolute Gasteiger partial charge is 0.304 e. The van der Waals surface area contributed by atoms with Crippen LogP contribution >= 0.6 is 23.2 Å². The zero-order valence-corrected chi connectivity index (χ0v) is 19.4. The summed E-state index contributed by atoms with van der Waals surface area (Å²) in [4.78, 5) is 11.6. The average molecular weight is 470 g/mol. The van der Waals surface area contributed by atoms with Crippen LogP contribution in [-0.2, 0) is 14.8 Å². The molecule has 0 amide bonds. The average Bonchev–Trinajstić information content (AvgIpc) is 2.63. The summed E-state index contributed by atoms with van der Waals surface area (Å²) in [6.07, 6.45) is -0.304. The van der Waals surface area contributed by atoms with E-state index in [4.69, 9.17) is 23.2 Å². The molecule has 2 aromatic rings. The van der Waals surface area contributed by atoms with Gasteiger partial charge in [0.05, 0.1) is 17.2 Å². The van der Waals surface area contributed by atoms with Crippen molar-refractivity contribution in [2.24, 2.45) is 0 Å². The number of benzene rings is 2. The summed E-state index contributed by atoms with van der Waals surface area (Å²) in [5.41, 5.74) is 1.68. The van der Waals surface area contributed by atoms with Gasteiger partial charge >= 0.3 is 5.97 Å². The van der Waals surface area contributed by atoms with Gasteiger partial charge in [0.15, 0.2) is 0 Å². The molecule has 1 aliphatic heterocycles. The van der Waals surface area contributed by atoms with Gasteiger partial charge in [0.2, 0.25) is 10.0 Å². The predicted octanol–water partition coefficient (Wildman–Crippen LogP) is 5.50. The molecule has 0 bridgehead atoms. The van der Waals surface area contributed by atoms with Crippen molar-refractivity contribution >= 4 is 39.2 Å². The maximum atomic E-state index is 13.7. The Morgan fingerprint density at radius 3 is 2.30 bits per heavy atom. The summed E-state index contributed by atoms with van der Waals surface area (Å²) in [5.74, 6) is -1.42. The molecule has 0 aliphatic carbocycles. The van der Waals surface area contributed by atoms with Crippen LogP contribution in [0.1, 0.15) is 56.7 Å². The minimum atomic E-state index is -3.93. The Bertz CT molecular complexity index is 1040. The third kappa shape index (κ3) is 4.24. The number of carboxylic acid groups (broad SMARTS) is 1. The summed E-state index contributed by atoms with van der Waals surface area (Å²) in [6, 6.07) is 13.6. The summed E-state index contributed by atoms with van der Waals surface area (Å²) in [7, 11) is -3.93. The Labute approximate surface area is 187 Å². The fraction of sp³-hybridized carbons (Fsp3) is 0.409. The number of sulfonamides is 1. The van der Waals surface area contributed by atoms with Crippen LogP contribution in [0.3, 0.4) is 0 Å². The van der Waals surface area contributed by atoms with E-state index in [2.05, 4.69) is 0 Å². The Morgan fingerprint density at radius 2 is 1.77 bits per heavy atom. The first-order valence-electron chi connectivity index (χ1n) is 9.72. The van der Waals surface area contributed by atoms with Gasteiger partial charge in [-0.1, -0.05) is 47.5 Å². The predicted molar refractivity (Wildman–Crippen MR) is 120 cm³/mol. The SMILES string of the molecule is CC(C)N1C(c2ccc(Cl)cc2)C(c2cccc(Cl)c2)CC(C)(CC(=O)O)S1(=O)=O. The zero-order valence-electron chi connectivity index (χ0n) is 17.0. The van der Waals surface area contributed by atoms with Crippen LogP contribution in [-0.4, -0.2) is 34.6 Å². The first-order valence-corrected chi connectivity index (χ1v) is 11.9. The van der Waals surface area contributed by atoms with Gasteiger partial charge in [-0.15, -0.1) is 0 Å². The molecule has 1 saturated heterocycles. The molecule has 0 spiro atoms. The molecule has 1 N–H and O–H groups in total. The molecule has 30 heavy (non-hydrogen) atoms. The van der Waals surface area contributed by atoms with Gasteiger partial charge in [-0.2, -0.15) is 4.31 Å². The van der Waals surface area contributed by atoms with Crippen molar-refractivity contribution in [3.8, 4) is 0 Å². The maximum absolute atomic E-state index is 13.7. The number of halogens is 2. The lowest BCUT2D eigenvalue weighted by molar-refractivity contribution is -0.137. The van der Waals surface area contributed by atoms with Gasteiger partial charge < -0.3 is 5.11 Å². The molecule has 3 atom stereocenters. The summed E-state index contributed by atoms with van der Waals surface area (Å²) in [5, 5.41) is 10.6. The number of rotatable bonds is 5. The molecule has 0 aromatic heterocycles. The Kier molecular flexibility index (Phi) is 6.54. The van der Waals surface area contributed by atoms with Crippen LogP contribution in [0.2, 0.25) is 10.0 Å². The highest BCUT2D eigenvalue weighted by Gasteiger charge is 2.56. The molecule has 1 heterocycles. The van der Waals surface area contributed by atoms with Gasteiger partial charge in [0.1, 0.15) is 0 Å². The Hall–Kier alpha value is -1.60. The number of hydrogen-bond donors (Lipinski definition) is 1. The molecule has 0 radical (unpaired) electrons. The van der Waals surface area contributed by atoms with Gasteiger partial charge in [-0.05, 0) is 62.6 Å². The van der Waals surface area contributed by atoms with E-state index in [1.165, 1.54) is 11.2 Å². The van der Waals surface area contributed by atoms with Crippen molar-refractivity contribution in [1.82, 2.24) is 4.31 Å². The van der Waals surface area contributed by atoms with E-state index in [0.717, 1.165) is 11.1 Å². The highest BCUT2D eigenvalue weighted by Crippen LogP contribution is 2.52. The lowest BCUT2D eigenvalue weighted by Gasteiger charge is -2.50. The summed E-state index contributed by atoms with van der Waals surface area (Å²) < 4.78 is 27.5. The Morgan fingerprint density at radius 1 is 1.13 bits per heavy atom. The fourth-order valence-electron chi connectivity index (χ4n) is 4.42. The standard InChI is InChI=1S/C22H25Cl2NO4S/c1-14(2)25-21(15-7-9-17(23)10-8-15)19(16-5-4-6-18(24)11-16)12-22(3,13-20(26)27)30(25,28)29/h4-11,14,19,21H,12-13H2,1-3H3,(H,26,27). The van der Waals surface area contributed by atoms with Crippen molar-refractivity contribution in [1.29, 1.82) is 0 Å². The molecule has 162 valence electrons. The largest absolute Gasteiger partial charge is 0.481 e. The van der Waals surface area contributed by atoms with Crippen molar-refractivity contribution in [3.05, 3.63) is 69.7 Å². The third-order valence-electron chi connectivity index (χ3n) is 5.73. The number of carbonyl (C=O) groups is 1. The molecule has 1 aliphatic rings. The highest BCUT2D eigenvalue weighted by atomic mass is 35.5. The molecule has 0 saturated carbocycles. The van der Waals surface area contributed by atoms with Gasteiger partial charge in [-0.25, -0.2) is 8.42 Å². The second-order valence-corrected chi connectivity index (χ2v) is 11.5. The monoisotopic (exact) mass is 469 g/mol. The van der Waals surface area contributed by atoms with E-state index in [-0.39, 0.29) is 18.4 Å². The van der Waals surface area contributed by atoms with Crippen LogP contribution < -0.4 is 0 Å². The zero-order chi connectivity index (χ0) is 22.3. The number of aliphatic carboxylic acids is 1. The molecular weight excluding hydrogens is 445 g/mol. The lowest BCUT2D eigenvalue weighted by atomic mass is 9.79. The van der Waals surface area contributed by atoms with Crippen LogP contribution in [0.4, 0.5) is 0 Å². The molecule has 2 aromatic carbocycles. The van der Waals surface area contributed by atoms with Crippen molar-refractivity contribution in [3.63, 3.8) is 0 Å². The van der Waals surface area contributed by atoms with Gasteiger partial charge in [0.25, 0.3) is 0 Å². The van der Waals surface area contributed by atoms with Crippen LogP contribution in [0, 0.1) is 0 Å². The van der Waals surface area contributed by atoms with E-state index in [1.807, 2.05) is 44.2 Å². The molecule has 5 nitrogen and oxygen atoms in total. The molecule has 8 heteroatoms. The number of hydrogen-bond acceptors (Lipinski definition) is 3. The minimum Gasteiger partial charge on any atom is -0.481 e. The lowest BCUT2D eigenvalue weighted by Crippen LogP contribution is -2.57. The normalized spacial score (nSPS) is 26.6. The molecular formula is C22H25Cl2NO4S. The summed E-state index contributed by atoms with van der Waals surface area (Å²) >= 11 is 12.3. The van der Waals surface area contributed by atoms with Gasteiger partial charge in [-0.3, -0.25) is 4.79 Å². The topological polar surface area (TPSA) is 74.7 Å². The second-order valence-electron chi connectivity index (χ2n) is 8.31. The minimum absolute atomic E-state index is 0.165. The van der Waals surface area contributed by atoms with Crippen molar-refractivity contribution in [2.45, 2.75) is 56.4 Å². The first kappa shape index (κ1) is 23.1. The van der Waals surface area contributed by atoms with Crippen LogP contribution in [0.15, 0.2) is 48.5 Å². The van der Waals surface area contributed by atoms with E-state index in [9.17, 15) is 18.3 Å². The molecule has 3 rings (SSSR count). The van der Waals surface area contributed by atoms with E-state index >= 15 is 0 Å². The van der Waals surface area contributed by atoms with Gasteiger partial charge in [0, 0.05) is 22.0 Å². The first-order chi connectivity index (χ1) is 14.0. The number of nitrogens with zero attached hydrogens (tertiary/aromatic N) is 1. The number of carboxylic acids is 1. The van der Waals surface area contributed by atoms with E-state index < -0.39 is 33.2 Å². The van der Waals surface area contributed by atoms with Crippen LogP contribution in [0.25, 0.3) is 0 Å². The fourth-order valence-corrected chi connectivity index (χ4v) is 7.07. The van der Waals surface area contributed by atoms with E-state index in [0.29, 0.717) is 10.0 Å². The highest BCUT2D eigenvalue weighted by molar-refractivity contribution is 7.90. The van der Waals surface area contributed by atoms with Crippen LogP contribution in [0.5, 0.6) is 0 Å². The van der Waals surface area contributed by atoms with Crippen molar-refractivity contribution < 1.29 is 18.3 Å². The third-order valence-corrected chi connectivity index (χ3v) is 8.98. The Balaban J connectivity index is 2.26.